The van der Waals surface area contributed by atoms with Crippen molar-refractivity contribution in [3.63, 3.8) is 0 Å². The maximum Gasteiger partial charge on any atom is 0.253 e. The van der Waals surface area contributed by atoms with Gasteiger partial charge in [0.25, 0.3) is 5.91 Å². The molecule has 0 unspecified atom stereocenters. The van der Waals surface area contributed by atoms with Crippen LogP contribution in [0, 0.1) is 11.7 Å². The van der Waals surface area contributed by atoms with Crippen LogP contribution in [0.25, 0.3) is 6.08 Å². The van der Waals surface area contributed by atoms with Gasteiger partial charge in [0.05, 0.1) is 5.69 Å². The smallest absolute Gasteiger partial charge is 0.253 e. The van der Waals surface area contributed by atoms with Crippen molar-refractivity contribution in [2.75, 3.05) is 6.54 Å². The van der Waals surface area contributed by atoms with E-state index in [-0.39, 0.29) is 50.1 Å². The zero-order chi connectivity index (χ0) is 45.2. The molecule has 17 nitrogen and oxygen atoms in total. The van der Waals surface area contributed by atoms with Crippen molar-refractivity contribution in [3.05, 3.63) is 106 Å². The van der Waals surface area contributed by atoms with Crippen molar-refractivity contribution in [1.82, 2.24) is 20.9 Å². The van der Waals surface area contributed by atoms with Crippen LogP contribution >= 0.6 is 11.6 Å². The van der Waals surface area contributed by atoms with Gasteiger partial charge in [-0.2, -0.15) is 0 Å². The van der Waals surface area contributed by atoms with E-state index in [0.717, 1.165) is 17.9 Å². The second kappa shape index (κ2) is 23.7. The first-order valence-corrected chi connectivity index (χ1v) is 19.7. The van der Waals surface area contributed by atoms with Gasteiger partial charge in [-0.3, -0.25) is 38.7 Å². The average molecular weight is 862 g/mol. The van der Waals surface area contributed by atoms with Crippen molar-refractivity contribution in [2.24, 2.45) is 44.6 Å². The van der Waals surface area contributed by atoms with Crippen LogP contribution in [-0.4, -0.2) is 83.0 Å². The van der Waals surface area contributed by atoms with Gasteiger partial charge < -0.3 is 44.6 Å². The van der Waals surface area contributed by atoms with Crippen LogP contribution < -0.4 is 44.6 Å². The van der Waals surface area contributed by atoms with Gasteiger partial charge in [-0.15, -0.1) is 0 Å². The maximum absolute atomic E-state index is 14.5. The van der Waals surface area contributed by atoms with Crippen LogP contribution in [0.2, 0.25) is 5.02 Å². The lowest BCUT2D eigenvalue weighted by Crippen LogP contribution is -2.59. The number of primary amides is 1. The lowest BCUT2D eigenvalue weighted by molar-refractivity contribution is -0.148. The maximum atomic E-state index is 14.5. The van der Waals surface area contributed by atoms with Gasteiger partial charge >= 0.3 is 0 Å². The third-order valence-electron chi connectivity index (χ3n) is 9.03. The molecule has 0 spiro atoms. The predicted molar refractivity (Wildman–Crippen MR) is 232 cm³/mol. The Hall–Kier alpha value is -6.82. The number of carbonyl (C=O) groups is 6. The molecule has 3 aromatic carbocycles. The number of hydrogen-bond acceptors (Lipinski definition) is 8. The summed E-state index contributed by atoms with van der Waals surface area (Å²) in [4.78, 5) is 90.5. The van der Waals surface area contributed by atoms with E-state index in [1.165, 1.54) is 30.3 Å². The molecule has 0 bridgehead atoms. The first kappa shape index (κ1) is 48.5. The Kier molecular flexibility index (Phi) is 18.9. The number of guanidine groups is 2. The fraction of sp³-hybridized carbons (Fsp3) is 0.333. The second-order valence-corrected chi connectivity index (χ2v) is 15.0. The molecule has 6 amide bonds. The third-order valence-corrected chi connectivity index (χ3v) is 9.29. The highest BCUT2D eigenvalue weighted by atomic mass is 35.5. The van der Waals surface area contributed by atoms with Crippen molar-refractivity contribution >= 4 is 70.7 Å². The summed E-state index contributed by atoms with van der Waals surface area (Å²) in [6.07, 6.45) is 2.67. The Labute approximate surface area is 358 Å². The van der Waals surface area contributed by atoms with Crippen LogP contribution in [0.1, 0.15) is 56.7 Å². The number of nitrogens with one attached hydrogen (secondary N) is 3. The molecule has 0 fully saturated rings. The van der Waals surface area contributed by atoms with Gasteiger partial charge in [-0.05, 0) is 84.3 Å². The van der Waals surface area contributed by atoms with Gasteiger partial charge in [-0.25, -0.2) is 9.38 Å². The largest absolute Gasteiger partial charge is 0.370 e. The quantitative estimate of drug-likeness (QED) is 0.0332. The van der Waals surface area contributed by atoms with Crippen LogP contribution in [0.4, 0.5) is 10.1 Å². The number of benzene rings is 3. The van der Waals surface area contributed by atoms with E-state index < -0.39 is 65.4 Å². The van der Waals surface area contributed by atoms with Gasteiger partial charge in [0, 0.05) is 37.4 Å². The van der Waals surface area contributed by atoms with E-state index in [9.17, 15) is 33.2 Å². The third kappa shape index (κ3) is 16.8. The van der Waals surface area contributed by atoms with Gasteiger partial charge in [0.15, 0.2) is 11.9 Å². The normalized spacial score (nSPS) is 13.0. The van der Waals surface area contributed by atoms with E-state index in [1.807, 2.05) is 13.8 Å². The second-order valence-electron chi connectivity index (χ2n) is 14.5. The summed E-state index contributed by atoms with van der Waals surface area (Å²) in [5.41, 5.74) is 29.3. The number of hydrogen-bond donors (Lipinski definition) is 8. The van der Waals surface area contributed by atoms with E-state index >= 15 is 0 Å². The molecule has 3 aromatic rings. The minimum absolute atomic E-state index is 0.102. The predicted octanol–water partition coefficient (Wildman–Crippen LogP) is 1.67. The van der Waals surface area contributed by atoms with Crippen LogP contribution in [-0.2, 0) is 41.6 Å². The molecule has 0 saturated carbocycles. The SMILES string of the molecule is CC(=O)N(C(=O)/C=C/c1ccc(Cl)cc1)[C@@H](Cc1ccc(F)cc1)C(=O)N[C@@H](Cc1ccc(N=C(N)N)cc1)C(=O)N[C@@H](CC(C)C)C(=O)N[C@@H](CCCN=C(N)N)C(N)=O. The van der Waals surface area contributed by atoms with Crippen molar-refractivity contribution < 1.29 is 33.2 Å². The van der Waals surface area contributed by atoms with E-state index in [1.54, 1.807) is 48.5 Å². The number of rotatable bonds is 21. The van der Waals surface area contributed by atoms with E-state index in [0.29, 0.717) is 33.8 Å². The fourth-order valence-electron chi connectivity index (χ4n) is 6.10. The molecule has 0 radical (unpaired) electrons. The molecule has 0 saturated heterocycles. The Balaban J connectivity index is 2.03. The van der Waals surface area contributed by atoms with Gasteiger partial charge in [0.2, 0.25) is 29.5 Å². The van der Waals surface area contributed by atoms with Crippen molar-refractivity contribution in [2.45, 2.75) is 77.0 Å². The highest BCUT2D eigenvalue weighted by Gasteiger charge is 2.36. The highest BCUT2D eigenvalue weighted by Crippen LogP contribution is 2.18. The molecule has 0 aliphatic carbocycles. The summed E-state index contributed by atoms with van der Waals surface area (Å²) >= 11 is 5.99. The molecule has 3 rings (SSSR count). The van der Waals surface area contributed by atoms with Gasteiger partial charge in [-0.1, -0.05) is 61.8 Å². The summed E-state index contributed by atoms with van der Waals surface area (Å²) in [6.45, 7) is 4.92. The molecule has 0 heterocycles. The molecule has 0 aromatic heterocycles. The molecule has 0 aliphatic heterocycles. The minimum Gasteiger partial charge on any atom is -0.370 e. The van der Waals surface area contributed by atoms with E-state index in [4.69, 9.17) is 40.3 Å². The Morgan fingerprint density at radius 1 is 0.738 bits per heavy atom. The summed E-state index contributed by atoms with van der Waals surface area (Å²) in [5, 5.41) is 8.48. The van der Waals surface area contributed by atoms with Crippen LogP contribution in [0.15, 0.2) is 88.9 Å². The number of carbonyl (C=O) groups excluding carboxylic acids is 6. The van der Waals surface area contributed by atoms with Crippen molar-refractivity contribution in [3.8, 4) is 0 Å². The lowest BCUT2D eigenvalue weighted by Gasteiger charge is -2.30. The fourth-order valence-corrected chi connectivity index (χ4v) is 6.23. The zero-order valence-electron chi connectivity index (χ0n) is 34.1. The lowest BCUT2D eigenvalue weighted by atomic mass is 9.99. The molecular formula is C42H53ClFN11O6. The number of nitrogens with zero attached hydrogens (tertiary/aromatic N) is 3. The molecule has 4 atom stereocenters. The first-order valence-electron chi connectivity index (χ1n) is 19.3. The molecule has 0 aliphatic rings. The topological polar surface area (TPSA) is 297 Å². The Bertz CT molecular complexity index is 2090. The average Bonchev–Trinajstić information content (AvgIpc) is 3.18. The number of aliphatic imine (C=N–C) groups is 2. The van der Waals surface area contributed by atoms with Crippen LogP contribution in [0.3, 0.4) is 0 Å². The molecule has 19 heteroatoms. The summed E-state index contributed by atoms with van der Waals surface area (Å²) in [6, 6.07) is 12.8. The summed E-state index contributed by atoms with van der Waals surface area (Å²) < 4.78 is 13.9. The summed E-state index contributed by atoms with van der Waals surface area (Å²) in [7, 11) is 0. The monoisotopic (exact) mass is 861 g/mol. The van der Waals surface area contributed by atoms with Crippen LogP contribution in [0.5, 0.6) is 0 Å². The highest BCUT2D eigenvalue weighted by molar-refractivity contribution is 6.30. The molecule has 326 valence electrons. The zero-order valence-corrected chi connectivity index (χ0v) is 34.9. The van der Waals surface area contributed by atoms with E-state index in [2.05, 4.69) is 25.9 Å². The molecule has 61 heavy (non-hydrogen) atoms. The number of halogens is 2. The molecular weight excluding hydrogens is 809 g/mol. The number of amides is 6. The molecule has 13 N–H and O–H groups in total. The Morgan fingerprint density at radius 3 is 1.85 bits per heavy atom. The minimum atomic E-state index is -1.55. The number of nitrogens with two attached hydrogens (primary N) is 5. The standard InChI is InChI=1S/C42H53ClFN11O6/c1-24(2)21-33(38(59)52-32(37(45)58)5-4-20-50-41(46)47)53-39(60)34(22-27-10-17-31(18-11-27)51-42(48)49)54-40(61)35(23-28-8-15-30(44)16-9-28)55(25(3)56)36(57)19-12-26-6-13-29(43)14-7-26/h6-19,24,32-35H,4-5,20-23H2,1-3H3,(H2,45,58)(H,52,59)(H,53,60)(H,54,61)(H4,46,47,50)(H4,48,49,51)/b19-12+/t32-,33-,34-,35-/m0/s1. The van der Waals surface area contributed by atoms with Gasteiger partial charge in [0.1, 0.15) is 30.0 Å². The van der Waals surface area contributed by atoms with Crippen molar-refractivity contribution in [1.29, 1.82) is 0 Å². The number of imide groups is 1. The first-order chi connectivity index (χ1) is 28.8. The Morgan fingerprint density at radius 2 is 1.30 bits per heavy atom. The summed E-state index contributed by atoms with van der Waals surface area (Å²) in [5.74, 6) is -5.91.